The van der Waals surface area contributed by atoms with Gasteiger partial charge in [-0.05, 0) is 23.8 Å². The number of ether oxygens (including phenoxy) is 1. The summed E-state index contributed by atoms with van der Waals surface area (Å²) < 4.78 is 19.3. The molecule has 0 amide bonds. The normalized spacial score (nSPS) is 13.2. The average molecular weight is 246 g/mol. The molecule has 0 unspecified atom stereocenters. The molecule has 0 spiro atoms. The molecule has 0 fully saturated rings. The Balaban J connectivity index is 2.15. The van der Waals surface area contributed by atoms with E-state index in [0.717, 1.165) is 17.7 Å². The SMILES string of the molecule is Nc1nc(N)c(F)c(-c2ccc3c(c2)CCO3)n1. The Kier molecular flexibility index (Phi) is 2.29. The maximum atomic E-state index is 13.9. The number of hydrogen-bond donors (Lipinski definition) is 2. The van der Waals surface area contributed by atoms with Gasteiger partial charge in [0, 0.05) is 12.0 Å². The molecule has 18 heavy (non-hydrogen) atoms. The third kappa shape index (κ3) is 1.62. The second-order valence-corrected chi connectivity index (χ2v) is 4.05. The number of anilines is 2. The topological polar surface area (TPSA) is 87.0 Å². The Bertz CT molecular complexity index is 630. The zero-order valence-corrected chi connectivity index (χ0v) is 9.48. The minimum Gasteiger partial charge on any atom is -0.493 e. The monoisotopic (exact) mass is 246 g/mol. The second kappa shape index (κ2) is 3.83. The van der Waals surface area contributed by atoms with E-state index in [2.05, 4.69) is 9.97 Å². The molecule has 4 N–H and O–H groups in total. The summed E-state index contributed by atoms with van der Waals surface area (Å²) in [5.41, 5.74) is 12.7. The summed E-state index contributed by atoms with van der Waals surface area (Å²) in [4.78, 5) is 7.48. The summed E-state index contributed by atoms with van der Waals surface area (Å²) in [6.07, 6.45) is 0.806. The summed E-state index contributed by atoms with van der Waals surface area (Å²) in [5, 5.41) is 0. The second-order valence-electron chi connectivity index (χ2n) is 4.05. The van der Waals surface area contributed by atoms with E-state index >= 15 is 0 Å². The van der Waals surface area contributed by atoms with E-state index in [9.17, 15) is 4.39 Å². The quantitative estimate of drug-likeness (QED) is 0.793. The van der Waals surface area contributed by atoms with Crippen LogP contribution in [0.15, 0.2) is 18.2 Å². The Labute approximate surface area is 103 Å². The van der Waals surface area contributed by atoms with E-state index in [1.165, 1.54) is 0 Å². The molecule has 0 saturated carbocycles. The molecular weight excluding hydrogens is 235 g/mol. The molecule has 0 radical (unpaired) electrons. The van der Waals surface area contributed by atoms with E-state index in [0.29, 0.717) is 12.2 Å². The highest BCUT2D eigenvalue weighted by molar-refractivity contribution is 5.66. The minimum atomic E-state index is -0.650. The summed E-state index contributed by atoms with van der Waals surface area (Å²) in [5.74, 6) is -0.105. The number of nitrogens with two attached hydrogens (primary N) is 2. The fourth-order valence-electron chi connectivity index (χ4n) is 2.01. The van der Waals surface area contributed by atoms with Crippen LogP contribution < -0.4 is 16.2 Å². The summed E-state index contributed by atoms with van der Waals surface area (Å²) in [6, 6.07) is 5.37. The summed E-state index contributed by atoms with van der Waals surface area (Å²) in [6.45, 7) is 0.648. The van der Waals surface area contributed by atoms with Crippen LogP contribution >= 0.6 is 0 Å². The van der Waals surface area contributed by atoms with Crippen LogP contribution in [0.3, 0.4) is 0 Å². The molecule has 1 aromatic carbocycles. The van der Waals surface area contributed by atoms with Gasteiger partial charge in [-0.3, -0.25) is 0 Å². The highest BCUT2D eigenvalue weighted by Crippen LogP contribution is 2.31. The highest BCUT2D eigenvalue weighted by Gasteiger charge is 2.17. The van der Waals surface area contributed by atoms with E-state index in [1.54, 1.807) is 12.1 Å². The maximum Gasteiger partial charge on any atom is 0.222 e. The van der Waals surface area contributed by atoms with Gasteiger partial charge in [0.1, 0.15) is 11.4 Å². The molecule has 1 aliphatic rings. The molecule has 2 aromatic rings. The molecule has 1 aromatic heterocycles. The first-order valence-corrected chi connectivity index (χ1v) is 5.50. The van der Waals surface area contributed by atoms with Gasteiger partial charge < -0.3 is 16.2 Å². The van der Waals surface area contributed by atoms with Crippen molar-refractivity contribution in [2.24, 2.45) is 0 Å². The number of nitrogens with zero attached hydrogens (tertiary/aromatic N) is 2. The smallest absolute Gasteiger partial charge is 0.222 e. The van der Waals surface area contributed by atoms with Crippen molar-refractivity contribution in [1.29, 1.82) is 0 Å². The van der Waals surface area contributed by atoms with Gasteiger partial charge in [0.2, 0.25) is 5.95 Å². The Morgan fingerprint density at radius 2 is 2.06 bits per heavy atom. The van der Waals surface area contributed by atoms with Gasteiger partial charge in [0.15, 0.2) is 11.6 Å². The lowest BCUT2D eigenvalue weighted by atomic mass is 10.1. The average Bonchev–Trinajstić information content (AvgIpc) is 2.80. The summed E-state index contributed by atoms with van der Waals surface area (Å²) >= 11 is 0. The van der Waals surface area contributed by atoms with Crippen molar-refractivity contribution in [3.05, 3.63) is 29.6 Å². The fraction of sp³-hybridized carbons (Fsp3) is 0.167. The first-order valence-electron chi connectivity index (χ1n) is 5.50. The number of hydrogen-bond acceptors (Lipinski definition) is 5. The van der Waals surface area contributed by atoms with Crippen molar-refractivity contribution < 1.29 is 9.13 Å². The van der Waals surface area contributed by atoms with Gasteiger partial charge in [-0.25, -0.2) is 9.37 Å². The van der Waals surface area contributed by atoms with E-state index in [-0.39, 0.29) is 17.5 Å². The molecule has 0 aliphatic carbocycles. The number of benzene rings is 1. The molecule has 1 aliphatic heterocycles. The largest absolute Gasteiger partial charge is 0.493 e. The van der Waals surface area contributed by atoms with Gasteiger partial charge in [0.25, 0.3) is 0 Å². The maximum absolute atomic E-state index is 13.9. The van der Waals surface area contributed by atoms with Crippen LogP contribution in [-0.2, 0) is 6.42 Å². The molecule has 5 nitrogen and oxygen atoms in total. The highest BCUT2D eigenvalue weighted by atomic mass is 19.1. The third-order valence-electron chi connectivity index (χ3n) is 2.86. The van der Waals surface area contributed by atoms with E-state index < -0.39 is 5.82 Å². The van der Waals surface area contributed by atoms with Crippen molar-refractivity contribution in [2.75, 3.05) is 18.1 Å². The zero-order valence-electron chi connectivity index (χ0n) is 9.48. The predicted octanol–water partition coefficient (Wildman–Crippen LogP) is 1.38. The van der Waals surface area contributed by atoms with Crippen molar-refractivity contribution in [3.8, 4) is 17.0 Å². The number of fused-ring (bicyclic) bond motifs is 1. The van der Waals surface area contributed by atoms with Gasteiger partial charge in [-0.15, -0.1) is 0 Å². The first kappa shape index (κ1) is 10.8. The van der Waals surface area contributed by atoms with Crippen LogP contribution in [0.4, 0.5) is 16.2 Å². The lowest BCUT2D eigenvalue weighted by Crippen LogP contribution is -2.05. The number of halogens is 1. The third-order valence-corrected chi connectivity index (χ3v) is 2.86. The van der Waals surface area contributed by atoms with Crippen molar-refractivity contribution in [2.45, 2.75) is 6.42 Å². The van der Waals surface area contributed by atoms with Crippen LogP contribution in [0, 0.1) is 5.82 Å². The molecule has 6 heteroatoms. The van der Waals surface area contributed by atoms with Gasteiger partial charge in [0.05, 0.1) is 6.61 Å². The molecule has 2 heterocycles. The molecule has 0 bridgehead atoms. The van der Waals surface area contributed by atoms with E-state index in [4.69, 9.17) is 16.2 Å². The Morgan fingerprint density at radius 3 is 2.89 bits per heavy atom. The number of aromatic nitrogens is 2. The zero-order chi connectivity index (χ0) is 12.7. The van der Waals surface area contributed by atoms with Crippen LogP contribution in [0.1, 0.15) is 5.56 Å². The molecular formula is C12H11FN4O. The van der Waals surface area contributed by atoms with Crippen molar-refractivity contribution in [3.63, 3.8) is 0 Å². The Morgan fingerprint density at radius 1 is 1.22 bits per heavy atom. The van der Waals surface area contributed by atoms with Crippen molar-refractivity contribution in [1.82, 2.24) is 9.97 Å². The summed E-state index contributed by atoms with van der Waals surface area (Å²) in [7, 11) is 0. The lowest BCUT2D eigenvalue weighted by molar-refractivity contribution is 0.357. The van der Waals surface area contributed by atoms with Crippen LogP contribution in [0.25, 0.3) is 11.3 Å². The lowest BCUT2D eigenvalue weighted by Gasteiger charge is -2.07. The molecule has 0 saturated heterocycles. The first-order chi connectivity index (χ1) is 8.65. The number of nitrogen functional groups attached to an aromatic ring is 2. The van der Waals surface area contributed by atoms with Crippen molar-refractivity contribution >= 4 is 11.8 Å². The van der Waals surface area contributed by atoms with Crippen LogP contribution in [0.2, 0.25) is 0 Å². The number of rotatable bonds is 1. The van der Waals surface area contributed by atoms with Crippen LogP contribution in [0.5, 0.6) is 5.75 Å². The standard InChI is InChI=1S/C12H11FN4O/c13-9-10(16-12(15)17-11(9)14)7-1-2-8-6(5-7)3-4-18-8/h1-2,5H,3-4H2,(H4,14,15,16,17). The molecule has 3 rings (SSSR count). The van der Waals surface area contributed by atoms with E-state index in [1.807, 2.05) is 6.07 Å². The predicted molar refractivity (Wildman–Crippen MR) is 65.4 cm³/mol. The molecule has 92 valence electrons. The van der Waals surface area contributed by atoms with Gasteiger partial charge >= 0.3 is 0 Å². The Hall–Kier alpha value is -2.37. The van der Waals surface area contributed by atoms with Gasteiger partial charge in [-0.1, -0.05) is 0 Å². The minimum absolute atomic E-state index is 0.0411. The molecule has 0 atom stereocenters. The van der Waals surface area contributed by atoms with Crippen LogP contribution in [-0.4, -0.2) is 16.6 Å². The fourth-order valence-corrected chi connectivity index (χ4v) is 2.01. The van der Waals surface area contributed by atoms with Gasteiger partial charge in [-0.2, -0.15) is 4.98 Å².